The van der Waals surface area contributed by atoms with Crippen LogP contribution in [0.5, 0.6) is 0 Å². The number of hydrogen-bond acceptors (Lipinski definition) is 3. The van der Waals surface area contributed by atoms with Crippen LogP contribution in [0.2, 0.25) is 0 Å². The number of fused-ring (bicyclic) bond motifs is 1. The molecular weight excluding hydrogens is 312 g/mol. The zero-order valence-electron chi connectivity index (χ0n) is 14.4. The van der Waals surface area contributed by atoms with Crippen LogP contribution >= 0.6 is 0 Å². The summed E-state index contributed by atoms with van der Waals surface area (Å²) in [6.07, 6.45) is 8.49. The Labute approximate surface area is 147 Å². The van der Waals surface area contributed by atoms with E-state index in [9.17, 15) is 4.79 Å². The molecule has 1 aliphatic rings. The average molecular weight is 334 g/mol. The molecule has 0 radical (unpaired) electrons. The van der Waals surface area contributed by atoms with E-state index < -0.39 is 0 Å². The molecule has 0 saturated carbocycles. The second-order valence-corrected chi connectivity index (χ2v) is 6.88. The quantitative estimate of drug-likeness (QED) is 0.740. The normalized spacial score (nSPS) is 17.8. The number of hydrogen-bond donors (Lipinski definition) is 0. The van der Waals surface area contributed by atoms with Gasteiger partial charge in [-0.05, 0) is 42.9 Å². The predicted molar refractivity (Wildman–Crippen MR) is 97.3 cm³/mol. The van der Waals surface area contributed by atoms with Crippen LogP contribution in [0.4, 0.5) is 0 Å². The van der Waals surface area contributed by atoms with Crippen LogP contribution in [-0.4, -0.2) is 38.4 Å². The molecule has 1 aromatic carbocycles. The highest BCUT2D eigenvalue weighted by molar-refractivity contribution is 5.92. The van der Waals surface area contributed by atoms with Crippen molar-refractivity contribution in [3.05, 3.63) is 60.3 Å². The summed E-state index contributed by atoms with van der Waals surface area (Å²) in [4.78, 5) is 23.3. The number of carbonyl (C=O) groups excluding carboxylic acids is 1. The maximum atomic E-state index is 12.7. The van der Waals surface area contributed by atoms with Gasteiger partial charge in [0.05, 0.1) is 11.8 Å². The van der Waals surface area contributed by atoms with Crippen LogP contribution in [0.1, 0.15) is 28.9 Å². The Hall–Kier alpha value is -2.69. The van der Waals surface area contributed by atoms with E-state index >= 15 is 0 Å². The van der Waals surface area contributed by atoms with Gasteiger partial charge in [-0.2, -0.15) is 0 Å². The number of likely N-dealkylation sites (tertiary alicyclic amines) is 1. The monoisotopic (exact) mass is 334 g/mol. The van der Waals surface area contributed by atoms with Gasteiger partial charge in [-0.25, -0.2) is 4.98 Å². The molecule has 1 aliphatic heterocycles. The van der Waals surface area contributed by atoms with Crippen molar-refractivity contribution in [3.8, 4) is 0 Å². The van der Waals surface area contributed by atoms with Crippen molar-refractivity contribution >= 4 is 16.8 Å². The number of benzene rings is 1. The van der Waals surface area contributed by atoms with Gasteiger partial charge < -0.3 is 9.47 Å². The molecule has 0 spiro atoms. The van der Waals surface area contributed by atoms with Gasteiger partial charge in [0.25, 0.3) is 5.91 Å². The fraction of sp³-hybridized carbons (Fsp3) is 0.350. The minimum absolute atomic E-state index is 0.0462. The van der Waals surface area contributed by atoms with Crippen molar-refractivity contribution in [2.45, 2.75) is 19.3 Å². The lowest BCUT2D eigenvalue weighted by molar-refractivity contribution is 0.0668. The van der Waals surface area contributed by atoms with E-state index in [0.717, 1.165) is 37.9 Å². The van der Waals surface area contributed by atoms with Crippen LogP contribution in [0.3, 0.4) is 0 Å². The molecule has 1 saturated heterocycles. The van der Waals surface area contributed by atoms with Gasteiger partial charge in [0.2, 0.25) is 0 Å². The van der Waals surface area contributed by atoms with Crippen LogP contribution in [0.25, 0.3) is 10.9 Å². The van der Waals surface area contributed by atoms with Crippen LogP contribution in [-0.2, 0) is 13.5 Å². The molecule has 5 heteroatoms. The molecular formula is C20H22N4O. The summed E-state index contributed by atoms with van der Waals surface area (Å²) in [6, 6.07) is 10.4. The fourth-order valence-corrected chi connectivity index (χ4v) is 3.76. The summed E-state index contributed by atoms with van der Waals surface area (Å²) in [5.74, 6) is 0.525. The minimum Gasteiger partial charge on any atom is -0.340 e. The molecule has 1 atom stereocenters. The summed E-state index contributed by atoms with van der Waals surface area (Å²) in [7, 11) is 1.89. The van der Waals surface area contributed by atoms with Crippen molar-refractivity contribution < 1.29 is 4.79 Å². The van der Waals surface area contributed by atoms with Crippen molar-refractivity contribution in [2.24, 2.45) is 13.0 Å². The lowest BCUT2D eigenvalue weighted by Gasteiger charge is -2.32. The van der Waals surface area contributed by atoms with Crippen molar-refractivity contribution in [3.63, 3.8) is 0 Å². The van der Waals surface area contributed by atoms with E-state index in [4.69, 9.17) is 0 Å². The SMILES string of the molecule is Cn1cnc(C(=O)N2CCCC(Cc3cccc4ncccc34)C2)c1. The number of carbonyl (C=O) groups is 1. The average Bonchev–Trinajstić information content (AvgIpc) is 3.08. The number of aryl methyl sites for hydroxylation is 1. The number of amides is 1. The summed E-state index contributed by atoms with van der Waals surface area (Å²) in [5, 5.41) is 1.22. The van der Waals surface area contributed by atoms with Gasteiger partial charge in [0.15, 0.2) is 0 Å². The van der Waals surface area contributed by atoms with Crippen LogP contribution < -0.4 is 0 Å². The first-order valence-corrected chi connectivity index (χ1v) is 8.80. The minimum atomic E-state index is 0.0462. The van der Waals surface area contributed by atoms with Gasteiger partial charge in [0, 0.05) is 37.9 Å². The topological polar surface area (TPSA) is 51.0 Å². The summed E-state index contributed by atoms with van der Waals surface area (Å²) in [6.45, 7) is 1.62. The summed E-state index contributed by atoms with van der Waals surface area (Å²) < 4.78 is 1.82. The maximum Gasteiger partial charge on any atom is 0.274 e. The molecule has 1 amide bonds. The standard InChI is InChI=1S/C20H22N4O/c1-23-13-19(22-14-23)20(25)24-10-4-5-15(12-24)11-16-6-2-8-18-17(16)7-3-9-21-18/h2-3,6-9,13-15H,4-5,10-12H2,1H3. The largest absolute Gasteiger partial charge is 0.340 e. The summed E-state index contributed by atoms with van der Waals surface area (Å²) in [5.41, 5.74) is 2.90. The highest BCUT2D eigenvalue weighted by Crippen LogP contribution is 2.25. The molecule has 1 unspecified atom stereocenters. The zero-order chi connectivity index (χ0) is 17.2. The molecule has 2 aromatic heterocycles. The van der Waals surface area contributed by atoms with Gasteiger partial charge in [-0.3, -0.25) is 9.78 Å². The number of pyridine rings is 1. The van der Waals surface area contributed by atoms with E-state index in [1.165, 1.54) is 10.9 Å². The smallest absolute Gasteiger partial charge is 0.274 e. The van der Waals surface area contributed by atoms with Gasteiger partial charge in [-0.15, -0.1) is 0 Å². The van der Waals surface area contributed by atoms with Crippen LogP contribution in [0.15, 0.2) is 49.1 Å². The van der Waals surface area contributed by atoms with Crippen molar-refractivity contribution in [1.82, 2.24) is 19.4 Å². The predicted octanol–water partition coefficient (Wildman–Crippen LogP) is 3.06. The third-order valence-electron chi connectivity index (χ3n) is 4.97. The molecule has 128 valence electrons. The second-order valence-electron chi connectivity index (χ2n) is 6.88. The highest BCUT2D eigenvalue weighted by atomic mass is 16.2. The first-order valence-electron chi connectivity index (χ1n) is 8.80. The Balaban J connectivity index is 1.50. The lowest BCUT2D eigenvalue weighted by atomic mass is 9.89. The Kier molecular flexibility index (Phi) is 4.22. The van der Waals surface area contributed by atoms with E-state index in [1.54, 1.807) is 12.5 Å². The first-order chi connectivity index (χ1) is 12.2. The Morgan fingerprint density at radius 2 is 2.16 bits per heavy atom. The maximum absolute atomic E-state index is 12.7. The number of imidazole rings is 1. The fourth-order valence-electron chi connectivity index (χ4n) is 3.76. The summed E-state index contributed by atoms with van der Waals surface area (Å²) >= 11 is 0. The number of nitrogens with zero attached hydrogens (tertiary/aromatic N) is 4. The number of aromatic nitrogens is 3. The molecule has 0 bridgehead atoms. The molecule has 5 nitrogen and oxygen atoms in total. The number of piperidine rings is 1. The van der Waals surface area contributed by atoms with Crippen LogP contribution in [0, 0.1) is 5.92 Å². The Morgan fingerprint density at radius 3 is 3.00 bits per heavy atom. The van der Waals surface area contributed by atoms with Gasteiger partial charge in [0.1, 0.15) is 5.69 Å². The highest BCUT2D eigenvalue weighted by Gasteiger charge is 2.26. The van der Waals surface area contributed by atoms with Gasteiger partial charge in [-0.1, -0.05) is 18.2 Å². The van der Waals surface area contributed by atoms with E-state index in [1.807, 2.05) is 28.8 Å². The molecule has 1 fully saturated rings. The Bertz CT molecular complexity index is 896. The van der Waals surface area contributed by atoms with E-state index in [-0.39, 0.29) is 5.91 Å². The third kappa shape index (κ3) is 3.27. The first kappa shape index (κ1) is 15.8. The van der Waals surface area contributed by atoms with E-state index in [0.29, 0.717) is 11.6 Å². The molecule has 4 rings (SSSR count). The van der Waals surface area contributed by atoms with Crippen molar-refractivity contribution in [1.29, 1.82) is 0 Å². The van der Waals surface area contributed by atoms with Gasteiger partial charge >= 0.3 is 0 Å². The lowest BCUT2D eigenvalue weighted by Crippen LogP contribution is -2.40. The number of rotatable bonds is 3. The molecule has 3 heterocycles. The second kappa shape index (κ2) is 6.67. The van der Waals surface area contributed by atoms with E-state index in [2.05, 4.69) is 34.2 Å². The third-order valence-corrected chi connectivity index (χ3v) is 4.97. The molecule has 25 heavy (non-hydrogen) atoms. The molecule has 0 N–H and O–H groups in total. The molecule has 3 aromatic rings. The molecule has 0 aliphatic carbocycles. The van der Waals surface area contributed by atoms with Crippen molar-refractivity contribution in [2.75, 3.05) is 13.1 Å². The Morgan fingerprint density at radius 1 is 1.24 bits per heavy atom. The zero-order valence-corrected chi connectivity index (χ0v) is 14.4.